The van der Waals surface area contributed by atoms with Gasteiger partial charge in [-0.05, 0) is 12.8 Å². The lowest BCUT2D eigenvalue weighted by atomic mass is 9.96. The third-order valence-electron chi connectivity index (χ3n) is 5.60. The largest absolute Gasteiger partial charge is 0.481 e. The first kappa shape index (κ1) is 20.2. The molecule has 1 aliphatic carbocycles. The van der Waals surface area contributed by atoms with Gasteiger partial charge in [0, 0.05) is 32.5 Å². The Labute approximate surface area is 155 Å². The Morgan fingerprint density at radius 1 is 1.15 bits per heavy atom. The summed E-state index contributed by atoms with van der Waals surface area (Å²) in [6, 6.07) is -0.710. The summed E-state index contributed by atoms with van der Waals surface area (Å²) in [5, 5.41) is 11.6. The molecule has 3 aliphatic rings. The molecule has 2 N–H and O–H groups in total. The highest BCUT2D eigenvalue weighted by atomic mass is 19.4. The molecule has 7 nitrogen and oxygen atoms in total. The maximum Gasteiger partial charge on any atom is 0.394 e. The van der Waals surface area contributed by atoms with Gasteiger partial charge < -0.3 is 24.8 Å². The molecule has 1 unspecified atom stereocenters. The van der Waals surface area contributed by atoms with Crippen molar-refractivity contribution >= 4 is 12.0 Å². The number of alkyl halides is 3. The van der Waals surface area contributed by atoms with Crippen LogP contribution >= 0.6 is 0 Å². The van der Waals surface area contributed by atoms with Crippen LogP contribution < -0.4 is 5.32 Å². The van der Waals surface area contributed by atoms with E-state index >= 15 is 0 Å². The van der Waals surface area contributed by atoms with Gasteiger partial charge in [0.15, 0.2) is 5.79 Å². The van der Waals surface area contributed by atoms with E-state index in [1.807, 2.05) is 0 Å². The fourth-order valence-electron chi connectivity index (χ4n) is 4.11. The minimum Gasteiger partial charge on any atom is -0.481 e. The van der Waals surface area contributed by atoms with E-state index in [2.05, 4.69) is 5.32 Å². The predicted molar refractivity (Wildman–Crippen MR) is 86.9 cm³/mol. The molecule has 0 bridgehead atoms. The zero-order chi connectivity index (χ0) is 19.7. The molecule has 2 saturated heterocycles. The molecule has 2 aliphatic heterocycles. The first-order valence-corrected chi connectivity index (χ1v) is 9.34. The lowest BCUT2D eigenvalue weighted by Crippen LogP contribution is -2.43. The number of hydrogen-bond donors (Lipinski definition) is 2. The Bertz CT molecular complexity index is 563. The number of carboxylic acid groups (broad SMARTS) is 1. The van der Waals surface area contributed by atoms with E-state index in [0.29, 0.717) is 6.61 Å². The van der Waals surface area contributed by atoms with Gasteiger partial charge in [0.2, 0.25) is 0 Å². The quantitative estimate of drug-likeness (QED) is 0.767. The lowest BCUT2D eigenvalue weighted by molar-refractivity contribution is -0.187. The van der Waals surface area contributed by atoms with Crippen LogP contribution in [-0.4, -0.2) is 66.3 Å². The molecule has 1 spiro atoms. The molecular weight excluding hydrogens is 369 g/mol. The van der Waals surface area contributed by atoms with Crippen LogP contribution in [0.3, 0.4) is 0 Å². The first-order valence-electron chi connectivity index (χ1n) is 9.34. The van der Waals surface area contributed by atoms with Gasteiger partial charge in [-0.2, -0.15) is 13.2 Å². The van der Waals surface area contributed by atoms with E-state index < -0.39 is 48.9 Å². The number of amides is 2. The summed E-state index contributed by atoms with van der Waals surface area (Å²) in [6.45, 7) is -0.676. The molecule has 2 heterocycles. The Kier molecular flexibility index (Phi) is 5.85. The molecule has 3 atom stereocenters. The molecule has 0 aromatic rings. The van der Waals surface area contributed by atoms with Gasteiger partial charge in [-0.15, -0.1) is 0 Å². The zero-order valence-electron chi connectivity index (χ0n) is 15.0. The van der Waals surface area contributed by atoms with Gasteiger partial charge in [-0.3, -0.25) is 4.79 Å². The van der Waals surface area contributed by atoms with Crippen molar-refractivity contribution in [2.45, 2.75) is 56.6 Å². The van der Waals surface area contributed by atoms with E-state index in [-0.39, 0.29) is 12.6 Å². The Hall–Kier alpha value is -1.55. The topological polar surface area (TPSA) is 88.1 Å². The highest BCUT2D eigenvalue weighted by Crippen LogP contribution is 2.38. The number of hydrogen-bond acceptors (Lipinski definition) is 4. The van der Waals surface area contributed by atoms with Crippen molar-refractivity contribution in [3.05, 3.63) is 0 Å². The minimum atomic E-state index is -4.66. The van der Waals surface area contributed by atoms with Gasteiger partial charge in [-0.25, -0.2) is 4.79 Å². The maximum absolute atomic E-state index is 13.0. The van der Waals surface area contributed by atoms with Crippen molar-refractivity contribution in [1.82, 2.24) is 10.2 Å². The van der Waals surface area contributed by atoms with Crippen LogP contribution in [-0.2, 0) is 14.3 Å². The summed E-state index contributed by atoms with van der Waals surface area (Å²) in [5.41, 5.74) is 0. The van der Waals surface area contributed by atoms with E-state index in [4.69, 9.17) is 14.6 Å². The highest BCUT2D eigenvalue weighted by molar-refractivity contribution is 5.77. The second-order valence-electron chi connectivity index (χ2n) is 7.56. The molecule has 1 saturated carbocycles. The zero-order valence-corrected chi connectivity index (χ0v) is 15.0. The number of rotatable bonds is 3. The van der Waals surface area contributed by atoms with Crippen molar-refractivity contribution in [2.24, 2.45) is 11.8 Å². The molecule has 3 rings (SSSR count). The number of nitrogens with zero attached hydrogens (tertiary/aromatic N) is 1. The van der Waals surface area contributed by atoms with E-state index in [1.54, 1.807) is 0 Å². The second-order valence-corrected chi connectivity index (χ2v) is 7.56. The second kappa shape index (κ2) is 7.83. The van der Waals surface area contributed by atoms with Crippen LogP contribution in [0.25, 0.3) is 0 Å². The van der Waals surface area contributed by atoms with Crippen molar-refractivity contribution < 1.29 is 37.3 Å². The van der Waals surface area contributed by atoms with Crippen molar-refractivity contribution in [1.29, 1.82) is 0 Å². The number of ether oxygens (including phenoxy) is 2. The van der Waals surface area contributed by atoms with Crippen molar-refractivity contribution in [2.75, 3.05) is 26.2 Å². The van der Waals surface area contributed by atoms with E-state index in [9.17, 15) is 22.8 Å². The molecule has 0 aromatic heterocycles. The summed E-state index contributed by atoms with van der Waals surface area (Å²) in [4.78, 5) is 24.2. The van der Waals surface area contributed by atoms with Gasteiger partial charge in [0.05, 0.1) is 18.4 Å². The number of urea groups is 1. The first-order chi connectivity index (χ1) is 12.7. The molecule has 27 heavy (non-hydrogen) atoms. The number of likely N-dealkylation sites (tertiary alicyclic amines) is 1. The SMILES string of the molecule is O=C(O)[C@@H]1CN(C(=O)NCC2COC3(CCCCCC3)O2)C[C@H]1C(F)(F)F. The maximum atomic E-state index is 13.0. The smallest absolute Gasteiger partial charge is 0.394 e. The van der Waals surface area contributed by atoms with Crippen LogP contribution in [0.1, 0.15) is 38.5 Å². The molecule has 3 fully saturated rings. The molecule has 10 heteroatoms. The number of carboxylic acids is 1. The summed E-state index contributed by atoms with van der Waals surface area (Å²) in [7, 11) is 0. The Morgan fingerprint density at radius 3 is 2.37 bits per heavy atom. The predicted octanol–water partition coefficient (Wildman–Crippen LogP) is 2.36. The minimum absolute atomic E-state index is 0.117. The molecule has 154 valence electrons. The standard InChI is InChI=1S/C17H25F3N2O5/c18-17(19,20)13-9-22(8-12(13)14(23)24)15(25)21-7-11-10-26-16(27-11)5-3-1-2-4-6-16/h11-13H,1-10H2,(H,21,25)(H,23,24)/t11?,12-,13-/m1/s1. The summed E-state index contributed by atoms with van der Waals surface area (Å²) >= 11 is 0. The van der Waals surface area contributed by atoms with E-state index in [0.717, 1.165) is 43.4 Å². The number of carbonyl (C=O) groups is 2. The Morgan fingerprint density at radius 2 is 1.81 bits per heavy atom. The fourth-order valence-corrected chi connectivity index (χ4v) is 4.11. The van der Waals surface area contributed by atoms with Gasteiger partial charge in [0.25, 0.3) is 0 Å². The van der Waals surface area contributed by atoms with Crippen LogP contribution in [0.15, 0.2) is 0 Å². The molecule has 0 aromatic carbocycles. The average Bonchev–Trinajstić information content (AvgIpc) is 3.14. The van der Waals surface area contributed by atoms with Crippen molar-refractivity contribution in [3.8, 4) is 0 Å². The van der Waals surface area contributed by atoms with Crippen LogP contribution in [0.4, 0.5) is 18.0 Å². The lowest BCUT2D eigenvalue weighted by Gasteiger charge is -2.26. The average molecular weight is 394 g/mol. The van der Waals surface area contributed by atoms with Crippen molar-refractivity contribution in [3.63, 3.8) is 0 Å². The normalized spacial score (nSPS) is 31.1. The number of nitrogens with one attached hydrogen (secondary N) is 1. The van der Waals surface area contributed by atoms with Gasteiger partial charge in [0.1, 0.15) is 6.10 Å². The van der Waals surface area contributed by atoms with Gasteiger partial charge in [-0.1, -0.05) is 12.8 Å². The summed E-state index contributed by atoms with van der Waals surface area (Å²) in [5.74, 6) is -5.84. The molecule has 2 amide bonds. The third-order valence-corrected chi connectivity index (χ3v) is 5.60. The Balaban J connectivity index is 1.50. The number of aliphatic carboxylic acids is 1. The monoisotopic (exact) mass is 394 g/mol. The third kappa shape index (κ3) is 4.66. The van der Waals surface area contributed by atoms with Gasteiger partial charge >= 0.3 is 18.2 Å². The van der Waals surface area contributed by atoms with Crippen LogP contribution in [0.2, 0.25) is 0 Å². The fraction of sp³-hybridized carbons (Fsp3) is 0.882. The number of halogens is 3. The number of carbonyl (C=O) groups excluding carboxylic acids is 1. The van der Waals surface area contributed by atoms with Crippen LogP contribution in [0, 0.1) is 11.8 Å². The summed E-state index contributed by atoms with van der Waals surface area (Å²) < 4.78 is 50.9. The summed E-state index contributed by atoms with van der Waals surface area (Å²) in [6.07, 6.45) is 0.889. The van der Waals surface area contributed by atoms with Crippen LogP contribution in [0.5, 0.6) is 0 Å². The van der Waals surface area contributed by atoms with E-state index in [1.165, 1.54) is 0 Å². The molecular formula is C17H25F3N2O5. The highest BCUT2D eigenvalue weighted by Gasteiger charge is 2.53. The molecule has 0 radical (unpaired) electrons.